The normalized spacial score (nSPS) is 10.0. The zero-order valence-electron chi connectivity index (χ0n) is 7.28. The molecule has 0 aliphatic heterocycles. The quantitative estimate of drug-likeness (QED) is 0.693. The first-order valence-electron chi connectivity index (χ1n) is 4.13. The van der Waals surface area contributed by atoms with E-state index in [0.717, 1.165) is 10.8 Å². The predicted octanol–water partition coefficient (Wildman–Crippen LogP) is 1.10. The summed E-state index contributed by atoms with van der Waals surface area (Å²) in [7, 11) is 0. The van der Waals surface area contributed by atoms with E-state index in [9.17, 15) is 9.59 Å². The first kappa shape index (κ1) is 8.50. The molecular weight excluding hydrogens is 180 g/mol. The van der Waals surface area contributed by atoms with Crippen LogP contribution >= 0.6 is 0 Å². The molecular formula is C10H8N2O2. The third kappa shape index (κ3) is 1.37. The number of nitrogens with one attached hydrogen (secondary N) is 2. The lowest BCUT2D eigenvalue weighted by Gasteiger charge is -2.02. The van der Waals surface area contributed by atoms with E-state index in [1.54, 1.807) is 12.3 Å². The molecule has 4 nitrogen and oxygen atoms in total. The van der Waals surface area contributed by atoms with Crippen LogP contribution in [0.5, 0.6) is 0 Å². The summed E-state index contributed by atoms with van der Waals surface area (Å²) in [6.07, 6.45) is 2.21. The average Bonchev–Trinajstić information content (AvgIpc) is 2.19. The Morgan fingerprint density at radius 1 is 1.36 bits per heavy atom. The van der Waals surface area contributed by atoms with Gasteiger partial charge in [0.2, 0.25) is 12.0 Å². The van der Waals surface area contributed by atoms with Crippen LogP contribution < -0.4 is 10.9 Å². The zero-order chi connectivity index (χ0) is 9.97. The largest absolute Gasteiger partial charge is 0.328 e. The summed E-state index contributed by atoms with van der Waals surface area (Å²) in [5.41, 5.74) is 0.459. The Bertz CT molecular complexity index is 531. The highest BCUT2D eigenvalue weighted by Crippen LogP contribution is 2.19. The number of H-pyrrole nitrogens is 1. The fourth-order valence-corrected chi connectivity index (χ4v) is 1.38. The van der Waals surface area contributed by atoms with E-state index in [4.69, 9.17) is 0 Å². The number of pyridine rings is 1. The minimum atomic E-state index is -0.183. The van der Waals surface area contributed by atoms with Crippen molar-refractivity contribution in [3.05, 3.63) is 40.8 Å². The van der Waals surface area contributed by atoms with Gasteiger partial charge in [0.05, 0.1) is 0 Å². The molecule has 14 heavy (non-hydrogen) atoms. The van der Waals surface area contributed by atoms with Gasteiger partial charge in [-0.25, -0.2) is 0 Å². The highest BCUT2D eigenvalue weighted by atomic mass is 16.1. The lowest BCUT2D eigenvalue weighted by atomic mass is 10.1. The van der Waals surface area contributed by atoms with E-state index in [1.165, 1.54) is 6.07 Å². The fraction of sp³-hybridized carbons (Fsp3) is 0. The molecule has 0 fully saturated rings. The molecule has 2 aromatic rings. The van der Waals surface area contributed by atoms with Crippen LogP contribution in [-0.4, -0.2) is 11.4 Å². The van der Waals surface area contributed by atoms with E-state index in [2.05, 4.69) is 10.3 Å². The van der Waals surface area contributed by atoms with E-state index in [0.29, 0.717) is 12.1 Å². The van der Waals surface area contributed by atoms with Gasteiger partial charge in [0, 0.05) is 28.7 Å². The summed E-state index contributed by atoms with van der Waals surface area (Å²) in [4.78, 5) is 23.9. The Morgan fingerprint density at radius 3 is 3.00 bits per heavy atom. The van der Waals surface area contributed by atoms with Crippen LogP contribution in [0.1, 0.15) is 0 Å². The molecule has 4 heteroatoms. The first-order valence-corrected chi connectivity index (χ1v) is 4.13. The molecule has 2 rings (SSSR count). The van der Waals surface area contributed by atoms with Crippen LogP contribution in [0, 0.1) is 0 Å². The molecule has 0 aliphatic rings. The van der Waals surface area contributed by atoms with E-state index < -0.39 is 0 Å². The second-order valence-electron chi connectivity index (χ2n) is 2.87. The smallest absolute Gasteiger partial charge is 0.248 e. The van der Waals surface area contributed by atoms with Crippen LogP contribution in [0.4, 0.5) is 5.69 Å². The van der Waals surface area contributed by atoms with Crippen molar-refractivity contribution >= 4 is 22.9 Å². The van der Waals surface area contributed by atoms with Crippen molar-refractivity contribution in [1.29, 1.82) is 0 Å². The minimum absolute atomic E-state index is 0.183. The highest BCUT2D eigenvalue weighted by Gasteiger charge is 1.99. The van der Waals surface area contributed by atoms with E-state index in [-0.39, 0.29) is 5.56 Å². The lowest BCUT2D eigenvalue weighted by molar-refractivity contribution is -0.105. The standard InChI is InChI=1S/C10H8N2O2/c13-6-12-9-3-1-2-7-5-11-10(14)4-8(7)9/h1-6H,(H,11,14)(H,12,13). The second kappa shape index (κ2) is 3.33. The van der Waals surface area contributed by atoms with E-state index in [1.807, 2.05) is 12.1 Å². The topological polar surface area (TPSA) is 62.0 Å². The summed E-state index contributed by atoms with van der Waals surface area (Å²) >= 11 is 0. The van der Waals surface area contributed by atoms with Gasteiger partial charge < -0.3 is 10.3 Å². The molecule has 0 bridgehead atoms. The lowest BCUT2D eigenvalue weighted by Crippen LogP contribution is -2.03. The van der Waals surface area contributed by atoms with E-state index >= 15 is 0 Å². The number of benzene rings is 1. The molecule has 1 amide bonds. The molecule has 1 aromatic carbocycles. The predicted molar refractivity (Wildman–Crippen MR) is 54.3 cm³/mol. The number of aromatic nitrogens is 1. The third-order valence-corrected chi connectivity index (χ3v) is 2.00. The molecule has 0 aliphatic carbocycles. The van der Waals surface area contributed by atoms with Crippen molar-refractivity contribution in [2.75, 3.05) is 5.32 Å². The molecule has 0 atom stereocenters. The number of amides is 1. The van der Waals surface area contributed by atoms with Gasteiger partial charge in [-0.2, -0.15) is 0 Å². The Balaban J connectivity index is 2.76. The van der Waals surface area contributed by atoms with Gasteiger partial charge in [-0.1, -0.05) is 12.1 Å². The molecule has 0 unspecified atom stereocenters. The molecule has 1 aromatic heterocycles. The van der Waals surface area contributed by atoms with Crippen molar-refractivity contribution in [3.63, 3.8) is 0 Å². The minimum Gasteiger partial charge on any atom is -0.328 e. The Hall–Kier alpha value is -2.10. The summed E-state index contributed by atoms with van der Waals surface area (Å²) in [6, 6.07) is 6.88. The maximum atomic E-state index is 11.1. The van der Waals surface area contributed by atoms with Crippen molar-refractivity contribution < 1.29 is 4.79 Å². The van der Waals surface area contributed by atoms with Gasteiger partial charge in [0.1, 0.15) is 0 Å². The third-order valence-electron chi connectivity index (χ3n) is 2.00. The highest BCUT2D eigenvalue weighted by molar-refractivity contribution is 5.96. The number of aromatic amines is 1. The molecule has 2 N–H and O–H groups in total. The number of rotatable bonds is 2. The second-order valence-corrected chi connectivity index (χ2v) is 2.87. The number of hydrogen-bond donors (Lipinski definition) is 2. The van der Waals surface area contributed by atoms with Gasteiger partial charge in [-0.3, -0.25) is 9.59 Å². The zero-order valence-corrected chi connectivity index (χ0v) is 7.28. The monoisotopic (exact) mass is 188 g/mol. The molecule has 0 radical (unpaired) electrons. The molecule has 1 heterocycles. The summed E-state index contributed by atoms with van der Waals surface area (Å²) in [6.45, 7) is 0. The number of anilines is 1. The van der Waals surface area contributed by atoms with Crippen molar-refractivity contribution in [2.45, 2.75) is 0 Å². The molecule has 0 spiro atoms. The summed E-state index contributed by atoms with van der Waals surface area (Å²) < 4.78 is 0. The number of hydrogen-bond acceptors (Lipinski definition) is 2. The van der Waals surface area contributed by atoms with Gasteiger partial charge in [0.15, 0.2) is 0 Å². The number of carbonyl (C=O) groups excluding carboxylic acids is 1. The van der Waals surface area contributed by atoms with Crippen molar-refractivity contribution in [1.82, 2.24) is 4.98 Å². The fourth-order valence-electron chi connectivity index (χ4n) is 1.38. The Morgan fingerprint density at radius 2 is 2.21 bits per heavy atom. The number of fused-ring (bicyclic) bond motifs is 1. The average molecular weight is 188 g/mol. The van der Waals surface area contributed by atoms with Crippen molar-refractivity contribution in [2.24, 2.45) is 0 Å². The SMILES string of the molecule is O=CNc1cccc2c[nH]c(=O)cc12. The maximum absolute atomic E-state index is 11.1. The van der Waals surface area contributed by atoms with Crippen LogP contribution in [0.25, 0.3) is 10.8 Å². The molecule has 0 saturated heterocycles. The molecule has 70 valence electrons. The van der Waals surface area contributed by atoms with Crippen LogP contribution in [-0.2, 0) is 4.79 Å². The Labute approximate surface area is 79.6 Å². The van der Waals surface area contributed by atoms with Gasteiger partial charge >= 0.3 is 0 Å². The van der Waals surface area contributed by atoms with Gasteiger partial charge in [0.25, 0.3) is 0 Å². The maximum Gasteiger partial charge on any atom is 0.248 e. The summed E-state index contributed by atoms with van der Waals surface area (Å²) in [5, 5.41) is 4.17. The number of carbonyl (C=O) groups is 1. The molecule has 0 saturated carbocycles. The summed E-state index contributed by atoms with van der Waals surface area (Å²) in [5.74, 6) is 0. The van der Waals surface area contributed by atoms with Gasteiger partial charge in [-0.05, 0) is 6.07 Å². The Kier molecular flexibility index (Phi) is 2.02. The first-order chi connectivity index (χ1) is 6.81. The van der Waals surface area contributed by atoms with Crippen LogP contribution in [0.3, 0.4) is 0 Å². The van der Waals surface area contributed by atoms with Crippen LogP contribution in [0.15, 0.2) is 35.3 Å². The van der Waals surface area contributed by atoms with Crippen LogP contribution in [0.2, 0.25) is 0 Å². The van der Waals surface area contributed by atoms with Gasteiger partial charge in [-0.15, -0.1) is 0 Å². The van der Waals surface area contributed by atoms with Crippen molar-refractivity contribution in [3.8, 4) is 0 Å².